The molecule has 2 aromatic carbocycles. The number of ether oxygens (including phenoxy) is 3. The van der Waals surface area contributed by atoms with Crippen molar-refractivity contribution in [3.05, 3.63) is 114 Å². The van der Waals surface area contributed by atoms with Crippen LogP contribution in [0.2, 0.25) is 0 Å². The molecule has 0 radical (unpaired) electrons. The second-order valence-corrected chi connectivity index (χ2v) is 9.30. The van der Waals surface area contributed by atoms with E-state index in [-0.39, 0.29) is 5.78 Å². The van der Waals surface area contributed by atoms with Gasteiger partial charge >= 0.3 is 0 Å². The monoisotopic (exact) mass is 546 g/mol. The number of aromatic nitrogens is 4. The molecule has 0 aliphatic rings. The van der Waals surface area contributed by atoms with Gasteiger partial charge in [-0.2, -0.15) is 5.10 Å². The van der Waals surface area contributed by atoms with Crippen molar-refractivity contribution in [3.63, 3.8) is 0 Å². The zero-order valence-corrected chi connectivity index (χ0v) is 23.3. The molecule has 3 heterocycles. The largest absolute Gasteiger partial charge is 0.493 e. The van der Waals surface area contributed by atoms with Crippen LogP contribution in [0.3, 0.4) is 0 Å². The standard InChI is InChI=1S/C33H30N4O4/c1-6-23-16-22(15-21(3)33(38)26-20-36-37(28(26)7-2)24-9-8-13-34-19-24)10-11-29(23)41-30-12-14-35-27-18-32(40-5)31(39-4)17-25(27)30/h6,8-14,16-20H,1,3,7,15H2,2,4-5H3. The maximum Gasteiger partial charge on any atom is 0.192 e. The minimum atomic E-state index is -0.134. The van der Waals surface area contributed by atoms with Crippen LogP contribution in [0.1, 0.15) is 34.1 Å². The van der Waals surface area contributed by atoms with E-state index in [9.17, 15) is 4.79 Å². The van der Waals surface area contributed by atoms with Crippen LogP contribution in [-0.4, -0.2) is 39.8 Å². The number of hydrogen-bond donors (Lipinski definition) is 0. The molecule has 5 aromatic rings. The van der Waals surface area contributed by atoms with Gasteiger partial charge in [0, 0.05) is 35.8 Å². The van der Waals surface area contributed by atoms with Crippen LogP contribution >= 0.6 is 0 Å². The van der Waals surface area contributed by atoms with Crippen molar-refractivity contribution in [2.24, 2.45) is 0 Å². The Kier molecular flexibility index (Phi) is 7.92. The highest BCUT2D eigenvalue weighted by Gasteiger charge is 2.20. The molecule has 41 heavy (non-hydrogen) atoms. The van der Waals surface area contributed by atoms with Gasteiger partial charge in [0.25, 0.3) is 0 Å². The highest BCUT2D eigenvalue weighted by Crippen LogP contribution is 2.38. The smallest absolute Gasteiger partial charge is 0.192 e. The normalized spacial score (nSPS) is 10.8. The van der Waals surface area contributed by atoms with Crippen molar-refractivity contribution in [1.29, 1.82) is 0 Å². The third kappa shape index (κ3) is 5.45. The average molecular weight is 547 g/mol. The third-order valence-electron chi connectivity index (χ3n) is 6.80. The fourth-order valence-electron chi connectivity index (χ4n) is 4.74. The van der Waals surface area contributed by atoms with Gasteiger partial charge < -0.3 is 14.2 Å². The first-order valence-electron chi connectivity index (χ1n) is 13.1. The Balaban J connectivity index is 1.38. The van der Waals surface area contributed by atoms with Crippen molar-refractivity contribution in [1.82, 2.24) is 19.7 Å². The van der Waals surface area contributed by atoms with E-state index in [2.05, 4.69) is 28.2 Å². The van der Waals surface area contributed by atoms with Crippen LogP contribution in [0.25, 0.3) is 22.7 Å². The van der Waals surface area contributed by atoms with E-state index >= 15 is 0 Å². The van der Waals surface area contributed by atoms with E-state index in [0.717, 1.165) is 27.9 Å². The highest BCUT2D eigenvalue weighted by molar-refractivity contribution is 6.09. The van der Waals surface area contributed by atoms with Gasteiger partial charge in [-0.3, -0.25) is 14.8 Å². The number of fused-ring (bicyclic) bond motifs is 1. The predicted molar refractivity (Wildman–Crippen MR) is 159 cm³/mol. The zero-order valence-electron chi connectivity index (χ0n) is 23.3. The number of Topliss-reactive ketones (excluding diaryl/α,β-unsaturated/α-hetero) is 1. The molecule has 0 amide bonds. The summed E-state index contributed by atoms with van der Waals surface area (Å²) in [6.45, 7) is 10.1. The summed E-state index contributed by atoms with van der Waals surface area (Å²) in [6, 6.07) is 14.9. The maximum absolute atomic E-state index is 13.4. The lowest BCUT2D eigenvalue weighted by Crippen LogP contribution is -2.09. The molecule has 8 heteroatoms. The highest BCUT2D eigenvalue weighted by atomic mass is 16.5. The Morgan fingerprint density at radius 1 is 0.976 bits per heavy atom. The molecular weight excluding hydrogens is 516 g/mol. The van der Waals surface area contributed by atoms with Gasteiger partial charge in [-0.05, 0) is 54.0 Å². The van der Waals surface area contributed by atoms with Crippen molar-refractivity contribution >= 4 is 22.8 Å². The van der Waals surface area contributed by atoms with Crippen LogP contribution < -0.4 is 14.2 Å². The molecule has 0 saturated carbocycles. The number of pyridine rings is 2. The summed E-state index contributed by atoms with van der Waals surface area (Å²) < 4.78 is 19.0. The number of carbonyl (C=O) groups excluding carboxylic acids is 1. The number of nitrogens with zero attached hydrogens (tertiary/aromatic N) is 4. The van der Waals surface area contributed by atoms with E-state index in [4.69, 9.17) is 14.2 Å². The molecule has 206 valence electrons. The summed E-state index contributed by atoms with van der Waals surface area (Å²) in [7, 11) is 3.17. The summed E-state index contributed by atoms with van der Waals surface area (Å²) in [6.07, 6.45) is 9.45. The van der Waals surface area contributed by atoms with E-state index in [1.54, 1.807) is 55.8 Å². The van der Waals surface area contributed by atoms with Crippen molar-refractivity contribution in [3.8, 4) is 28.7 Å². The lowest BCUT2D eigenvalue weighted by Gasteiger charge is -2.14. The van der Waals surface area contributed by atoms with Crippen LogP contribution in [-0.2, 0) is 12.8 Å². The molecule has 0 fully saturated rings. The first kappa shape index (κ1) is 27.3. The van der Waals surface area contributed by atoms with Crippen molar-refractivity contribution in [2.75, 3.05) is 14.2 Å². The Labute approximate surface area is 238 Å². The van der Waals surface area contributed by atoms with Crippen LogP contribution in [0.15, 0.2) is 92.0 Å². The molecule has 0 N–H and O–H groups in total. The number of hydrogen-bond acceptors (Lipinski definition) is 7. The summed E-state index contributed by atoms with van der Waals surface area (Å²) in [5, 5.41) is 5.23. The summed E-state index contributed by atoms with van der Waals surface area (Å²) in [5.41, 5.74) is 5.04. The molecule has 0 bridgehead atoms. The van der Waals surface area contributed by atoms with Crippen LogP contribution in [0, 0.1) is 0 Å². The molecule has 0 unspecified atom stereocenters. The fourth-order valence-corrected chi connectivity index (χ4v) is 4.74. The first-order valence-corrected chi connectivity index (χ1v) is 13.1. The number of carbonyl (C=O) groups is 1. The van der Waals surface area contributed by atoms with E-state index in [1.165, 1.54) is 0 Å². The zero-order chi connectivity index (χ0) is 28.9. The third-order valence-corrected chi connectivity index (χ3v) is 6.80. The first-order chi connectivity index (χ1) is 20.0. The molecule has 5 rings (SSSR count). The topological polar surface area (TPSA) is 88.4 Å². The molecule has 0 aliphatic heterocycles. The summed E-state index contributed by atoms with van der Waals surface area (Å²) in [5.74, 6) is 2.27. The van der Waals surface area contributed by atoms with Crippen molar-refractivity contribution < 1.29 is 19.0 Å². The number of rotatable bonds is 11. The van der Waals surface area contributed by atoms with Gasteiger partial charge in [0.15, 0.2) is 17.3 Å². The lowest BCUT2D eigenvalue weighted by atomic mass is 9.97. The second-order valence-electron chi connectivity index (χ2n) is 9.30. The Morgan fingerprint density at radius 2 is 1.78 bits per heavy atom. The molecule has 0 spiro atoms. The number of allylic oxidation sites excluding steroid dienone is 1. The maximum atomic E-state index is 13.4. The average Bonchev–Trinajstić information content (AvgIpc) is 3.45. The van der Waals surface area contributed by atoms with E-state index < -0.39 is 0 Å². The van der Waals surface area contributed by atoms with Crippen molar-refractivity contribution in [2.45, 2.75) is 19.8 Å². The minimum absolute atomic E-state index is 0.134. The SMILES string of the molecule is C=Cc1cc(CC(=C)C(=O)c2cnn(-c3cccnc3)c2CC)ccc1Oc1ccnc2cc(OC)c(OC)cc12. The summed E-state index contributed by atoms with van der Waals surface area (Å²) in [4.78, 5) is 22.0. The quantitative estimate of drug-likeness (QED) is 0.133. The van der Waals surface area contributed by atoms with Gasteiger partial charge in [-0.1, -0.05) is 32.2 Å². The lowest BCUT2D eigenvalue weighted by molar-refractivity contribution is 0.103. The molecule has 0 atom stereocenters. The molecule has 3 aromatic heterocycles. The minimum Gasteiger partial charge on any atom is -0.493 e. The number of benzene rings is 2. The van der Waals surface area contributed by atoms with Gasteiger partial charge in [0.2, 0.25) is 0 Å². The molecule has 0 aliphatic carbocycles. The second kappa shape index (κ2) is 11.9. The van der Waals surface area contributed by atoms with Gasteiger partial charge in [0.1, 0.15) is 11.5 Å². The van der Waals surface area contributed by atoms with Crippen LogP contribution in [0.5, 0.6) is 23.0 Å². The number of ketones is 1. The molecular formula is C33H30N4O4. The van der Waals surface area contributed by atoms with Gasteiger partial charge in [0.05, 0.1) is 49.1 Å². The van der Waals surface area contributed by atoms with E-state index in [1.807, 2.05) is 49.4 Å². The Morgan fingerprint density at radius 3 is 2.49 bits per heavy atom. The van der Waals surface area contributed by atoms with Gasteiger partial charge in [-0.25, -0.2) is 4.68 Å². The van der Waals surface area contributed by atoms with E-state index in [0.29, 0.717) is 52.5 Å². The Bertz CT molecular complexity index is 1760. The predicted octanol–water partition coefficient (Wildman–Crippen LogP) is 6.81. The van der Waals surface area contributed by atoms with Gasteiger partial charge in [-0.15, -0.1) is 0 Å². The van der Waals surface area contributed by atoms with Crippen LogP contribution in [0.4, 0.5) is 0 Å². The number of methoxy groups -OCH3 is 2. The summed E-state index contributed by atoms with van der Waals surface area (Å²) >= 11 is 0. The Hall–Kier alpha value is -5.24. The molecule has 8 nitrogen and oxygen atoms in total. The fraction of sp³-hybridized carbons (Fsp3) is 0.152. The molecule has 0 saturated heterocycles.